The molecule has 5 nitrogen and oxygen atoms in total. The Bertz CT molecular complexity index is 602. The van der Waals surface area contributed by atoms with Crippen molar-refractivity contribution in [1.82, 2.24) is 9.36 Å². The van der Waals surface area contributed by atoms with E-state index >= 15 is 0 Å². The minimum absolute atomic E-state index is 0.350. The first kappa shape index (κ1) is 14.3. The molecule has 0 saturated carbocycles. The Hall–Kier alpha value is -1.66. The largest absolute Gasteiger partial charge is 0.497 e. The number of ether oxygens (including phenoxy) is 2. The molecular weight excluding hydrogens is 286 g/mol. The van der Waals surface area contributed by atoms with Gasteiger partial charge in [-0.3, -0.25) is 0 Å². The lowest BCUT2D eigenvalue weighted by Gasteiger charge is -2.24. The number of hydrogen-bond acceptors (Lipinski definition) is 6. The molecule has 1 saturated heterocycles. The van der Waals surface area contributed by atoms with Crippen LogP contribution in [0.25, 0.3) is 0 Å². The maximum absolute atomic E-state index is 5.33. The van der Waals surface area contributed by atoms with Gasteiger partial charge in [0.25, 0.3) is 0 Å². The minimum Gasteiger partial charge on any atom is -0.497 e. The van der Waals surface area contributed by atoms with Crippen LogP contribution in [0.15, 0.2) is 24.3 Å². The molecule has 6 heteroatoms. The van der Waals surface area contributed by atoms with Gasteiger partial charge in [0.2, 0.25) is 5.13 Å². The summed E-state index contributed by atoms with van der Waals surface area (Å²) in [6, 6.07) is 8.64. The predicted octanol–water partition coefficient (Wildman–Crippen LogP) is 3.03. The van der Waals surface area contributed by atoms with Gasteiger partial charge in [-0.2, -0.15) is 4.37 Å². The zero-order valence-corrected chi connectivity index (χ0v) is 13.1. The van der Waals surface area contributed by atoms with Crippen LogP contribution in [0.1, 0.15) is 30.3 Å². The number of benzene rings is 1. The monoisotopic (exact) mass is 305 g/mol. The Morgan fingerprint density at radius 3 is 3.10 bits per heavy atom. The number of hydrogen-bond donors (Lipinski definition) is 0. The normalized spacial score (nSPS) is 18.2. The van der Waals surface area contributed by atoms with E-state index < -0.39 is 0 Å². The van der Waals surface area contributed by atoms with Crippen molar-refractivity contribution < 1.29 is 9.47 Å². The molecule has 1 aromatic carbocycles. The van der Waals surface area contributed by atoms with Crippen LogP contribution >= 0.6 is 11.5 Å². The zero-order chi connectivity index (χ0) is 14.7. The van der Waals surface area contributed by atoms with Crippen molar-refractivity contribution in [1.29, 1.82) is 0 Å². The zero-order valence-electron chi connectivity index (χ0n) is 12.3. The second kappa shape index (κ2) is 6.41. The molecule has 3 rings (SSSR count). The van der Waals surface area contributed by atoms with Gasteiger partial charge in [-0.05, 0) is 30.5 Å². The maximum atomic E-state index is 5.33. The molecule has 1 aliphatic heterocycles. The fourth-order valence-electron chi connectivity index (χ4n) is 2.74. The van der Waals surface area contributed by atoms with Gasteiger partial charge in [0.15, 0.2) is 5.82 Å². The minimum atomic E-state index is 0.350. The van der Waals surface area contributed by atoms with Gasteiger partial charge < -0.3 is 14.4 Å². The van der Waals surface area contributed by atoms with E-state index in [-0.39, 0.29) is 0 Å². The summed E-state index contributed by atoms with van der Waals surface area (Å²) in [6.45, 7) is 1.48. The summed E-state index contributed by atoms with van der Waals surface area (Å²) in [5.41, 5.74) is 1.27. The Balaban J connectivity index is 1.83. The molecule has 2 aromatic rings. The van der Waals surface area contributed by atoms with E-state index in [1.165, 1.54) is 23.5 Å². The van der Waals surface area contributed by atoms with Crippen LogP contribution in [0.5, 0.6) is 5.75 Å². The summed E-state index contributed by atoms with van der Waals surface area (Å²) in [5.74, 6) is 1.66. The van der Waals surface area contributed by atoms with E-state index in [1.807, 2.05) is 12.1 Å². The molecule has 1 fully saturated rings. The van der Waals surface area contributed by atoms with E-state index in [4.69, 9.17) is 9.47 Å². The van der Waals surface area contributed by atoms with Crippen molar-refractivity contribution in [2.24, 2.45) is 0 Å². The second-order valence-electron chi connectivity index (χ2n) is 5.05. The van der Waals surface area contributed by atoms with Crippen LogP contribution in [0.3, 0.4) is 0 Å². The molecule has 0 radical (unpaired) electrons. The summed E-state index contributed by atoms with van der Waals surface area (Å²) in [6.07, 6.45) is 2.30. The smallest absolute Gasteiger partial charge is 0.205 e. The van der Waals surface area contributed by atoms with Gasteiger partial charge in [0.1, 0.15) is 12.4 Å². The third-order valence-electron chi connectivity index (χ3n) is 3.71. The van der Waals surface area contributed by atoms with Crippen LogP contribution in [-0.4, -0.2) is 30.1 Å². The Morgan fingerprint density at radius 1 is 1.38 bits per heavy atom. The van der Waals surface area contributed by atoms with Crippen molar-refractivity contribution in [3.63, 3.8) is 0 Å². The van der Waals surface area contributed by atoms with Crippen molar-refractivity contribution >= 4 is 16.7 Å². The fourth-order valence-corrected chi connectivity index (χ4v) is 3.49. The molecule has 0 bridgehead atoms. The molecule has 21 heavy (non-hydrogen) atoms. The second-order valence-corrected chi connectivity index (χ2v) is 5.78. The van der Waals surface area contributed by atoms with Gasteiger partial charge in [0.05, 0.1) is 13.2 Å². The van der Waals surface area contributed by atoms with Crippen molar-refractivity contribution in [2.75, 3.05) is 25.7 Å². The van der Waals surface area contributed by atoms with E-state index in [9.17, 15) is 0 Å². The number of methoxy groups -OCH3 is 2. The van der Waals surface area contributed by atoms with Crippen LogP contribution < -0.4 is 9.64 Å². The molecule has 1 atom stereocenters. The highest BCUT2D eigenvalue weighted by Crippen LogP contribution is 2.37. The van der Waals surface area contributed by atoms with Crippen molar-refractivity contribution in [3.05, 3.63) is 35.7 Å². The van der Waals surface area contributed by atoms with Crippen molar-refractivity contribution in [3.8, 4) is 5.75 Å². The highest BCUT2D eigenvalue weighted by molar-refractivity contribution is 7.09. The molecular formula is C15H19N3O2S. The van der Waals surface area contributed by atoms with Crippen LogP contribution in [-0.2, 0) is 11.3 Å². The molecule has 112 valence electrons. The van der Waals surface area contributed by atoms with Gasteiger partial charge in [-0.1, -0.05) is 12.1 Å². The number of aromatic nitrogens is 2. The van der Waals surface area contributed by atoms with E-state index in [1.54, 1.807) is 14.2 Å². The summed E-state index contributed by atoms with van der Waals surface area (Å²) in [7, 11) is 3.36. The maximum Gasteiger partial charge on any atom is 0.205 e. The van der Waals surface area contributed by atoms with Gasteiger partial charge in [0, 0.05) is 25.2 Å². The summed E-state index contributed by atoms with van der Waals surface area (Å²) < 4.78 is 14.8. The fraction of sp³-hybridized carbons (Fsp3) is 0.467. The summed E-state index contributed by atoms with van der Waals surface area (Å²) in [5, 5.41) is 0.979. The highest BCUT2D eigenvalue weighted by Gasteiger charge is 2.28. The Kier molecular flexibility index (Phi) is 4.36. The number of nitrogens with zero attached hydrogens (tertiary/aromatic N) is 3. The lowest BCUT2D eigenvalue weighted by molar-refractivity contribution is 0.179. The SMILES string of the molecule is COCc1nsc(N2CCCC2c2cccc(OC)c2)n1. The summed E-state index contributed by atoms with van der Waals surface area (Å²) in [4.78, 5) is 6.92. The van der Waals surface area contributed by atoms with E-state index in [2.05, 4.69) is 26.4 Å². The quantitative estimate of drug-likeness (QED) is 0.849. The predicted molar refractivity (Wildman–Crippen MR) is 82.9 cm³/mol. The molecule has 1 aliphatic rings. The lowest BCUT2D eigenvalue weighted by atomic mass is 10.0. The average Bonchev–Trinajstić information content (AvgIpc) is 3.16. The first-order valence-corrected chi connectivity index (χ1v) is 7.81. The van der Waals surface area contributed by atoms with Crippen LogP contribution in [0.2, 0.25) is 0 Å². The van der Waals surface area contributed by atoms with Gasteiger partial charge >= 0.3 is 0 Å². The molecule has 0 N–H and O–H groups in total. The van der Waals surface area contributed by atoms with Crippen LogP contribution in [0, 0.1) is 0 Å². The van der Waals surface area contributed by atoms with E-state index in [0.29, 0.717) is 12.6 Å². The number of rotatable bonds is 5. The molecule has 1 aromatic heterocycles. The Labute approximate surface area is 128 Å². The Morgan fingerprint density at radius 2 is 2.29 bits per heavy atom. The third kappa shape index (κ3) is 3.01. The first-order chi connectivity index (χ1) is 10.3. The standard InChI is InChI=1S/C15H19N3O2S/c1-19-10-14-16-15(21-17-14)18-8-4-7-13(18)11-5-3-6-12(9-11)20-2/h3,5-6,9,13H,4,7-8,10H2,1-2H3. The highest BCUT2D eigenvalue weighted by atomic mass is 32.1. The lowest BCUT2D eigenvalue weighted by Crippen LogP contribution is -2.22. The summed E-state index contributed by atoms with van der Waals surface area (Å²) >= 11 is 1.45. The average molecular weight is 305 g/mol. The number of anilines is 1. The van der Waals surface area contributed by atoms with Gasteiger partial charge in [-0.25, -0.2) is 4.98 Å². The molecule has 1 unspecified atom stereocenters. The third-order valence-corrected chi connectivity index (χ3v) is 4.50. The first-order valence-electron chi connectivity index (χ1n) is 7.04. The topological polar surface area (TPSA) is 47.5 Å². The van der Waals surface area contributed by atoms with E-state index in [0.717, 1.165) is 29.7 Å². The molecule has 0 aliphatic carbocycles. The molecule has 0 spiro atoms. The van der Waals surface area contributed by atoms with Gasteiger partial charge in [-0.15, -0.1) is 0 Å². The molecule has 0 amide bonds. The van der Waals surface area contributed by atoms with Crippen molar-refractivity contribution in [2.45, 2.75) is 25.5 Å². The van der Waals surface area contributed by atoms with Crippen LogP contribution in [0.4, 0.5) is 5.13 Å². The molecule has 2 heterocycles.